The summed E-state index contributed by atoms with van der Waals surface area (Å²) in [4.78, 5) is 29.1. The first-order chi connectivity index (χ1) is 13.5. The minimum absolute atomic E-state index is 0.139. The van der Waals surface area contributed by atoms with Gasteiger partial charge in [-0.15, -0.1) is 0 Å². The Morgan fingerprint density at radius 1 is 1.29 bits per heavy atom. The third kappa shape index (κ3) is 3.55. The lowest BCUT2D eigenvalue weighted by Gasteiger charge is -2.18. The SMILES string of the molecule is CN1CCCC1Cc1c[nH]c2ccc(CC(=O)c3ccccc3[N+](=O)[O-])cc12. The maximum Gasteiger partial charge on any atom is 0.280 e. The molecule has 0 aliphatic carbocycles. The predicted molar refractivity (Wildman–Crippen MR) is 109 cm³/mol. The van der Waals surface area contributed by atoms with Crippen molar-refractivity contribution in [2.24, 2.45) is 0 Å². The van der Waals surface area contributed by atoms with Gasteiger partial charge in [-0.1, -0.05) is 18.2 Å². The molecule has 4 rings (SSSR count). The number of ketones is 1. The Kier molecular flexibility index (Phi) is 4.96. The summed E-state index contributed by atoms with van der Waals surface area (Å²) in [5.74, 6) is -0.237. The number of likely N-dealkylation sites (tertiary alicyclic amines) is 1. The predicted octanol–water partition coefficient (Wildman–Crippen LogP) is 4.14. The fraction of sp³-hybridized carbons (Fsp3) is 0.318. The molecule has 144 valence electrons. The summed E-state index contributed by atoms with van der Waals surface area (Å²) in [6.07, 6.45) is 5.63. The minimum Gasteiger partial charge on any atom is -0.361 e. The number of para-hydroxylation sites is 1. The van der Waals surface area contributed by atoms with Crippen LogP contribution in [0.15, 0.2) is 48.7 Å². The molecule has 0 spiro atoms. The van der Waals surface area contributed by atoms with Gasteiger partial charge in [0.1, 0.15) is 0 Å². The van der Waals surface area contributed by atoms with Gasteiger partial charge in [0.25, 0.3) is 5.69 Å². The Labute approximate surface area is 163 Å². The van der Waals surface area contributed by atoms with Crippen molar-refractivity contribution >= 4 is 22.4 Å². The molecule has 28 heavy (non-hydrogen) atoms. The molecule has 6 heteroatoms. The number of aromatic amines is 1. The number of nitro groups is 1. The molecule has 1 aromatic heterocycles. The quantitative estimate of drug-likeness (QED) is 0.398. The van der Waals surface area contributed by atoms with E-state index in [4.69, 9.17) is 0 Å². The molecule has 1 aliphatic rings. The molecule has 1 atom stereocenters. The lowest BCUT2D eigenvalue weighted by atomic mass is 9.98. The lowest BCUT2D eigenvalue weighted by molar-refractivity contribution is -0.385. The normalized spacial score (nSPS) is 17.2. The molecule has 2 aromatic carbocycles. The van der Waals surface area contributed by atoms with Crippen molar-refractivity contribution in [2.75, 3.05) is 13.6 Å². The first kappa shape index (κ1) is 18.4. The number of benzene rings is 2. The standard InChI is InChI=1S/C22H23N3O3/c1-24-10-4-5-17(24)13-16-14-23-20-9-8-15(11-19(16)20)12-22(26)18-6-2-3-7-21(18)25(27)28/h2-3,6-9,11,14,17,23H,4-5,10,12-13H2,1H3. The van der Waals surface area contributed by atoms with Crippen LogP contribution in [0.3, 0.4) is 0 Å². The largest absolute Gasteiger partial charge is 0.361 e. The maximum atomic E-state index is 12.7. The van der Waals surface area contributed by atoms with Crippen LogP contribution >= 0.6 is 0 Å². The van der Waals surface area contributed by atoms with Crippen LogP contribution in [-0.4, -0.2) is 40.2 Å². The molecular weight excluding hydrogens is 354 g/mol. The summed E-state index contributed by atoms with van der Waals surface area (Å²) in [6, 6.07) is 12.6. The zero-order valence-corrected chi connectivity index (χ0v) is 15.9. The van der Waals surface area contributed by atoms with Gasteiger partial charge in [-0.05, 0) is 62.2 Å². The molecule has 6 nitrogen and oxygen atoms in total. The fourth-order valence-electron chi connectivity index (χ4n) is 4.14. The van der Waals surface area contributed by atoms with Gasteiger partial charge < -0.3 is 9.88 Å². The average molecular weight is 377 g/mol. The summed E-state index contributed by atoms with van der Waals surface area (Å²) < 4.78 is 0. The van der Waals surface area contributed by atoms with E-state index in [-0.39, 0.29) is 23.5 Å². The molecular formula is C22H23N3O3. The Balaban J connectivity index is 1.59. The Morgan fingerprint density at radius 2 is 2.11 bits per heavy atom. The van der Waals surface area contributed by atoms with Crippen LogP contribution in [0, 0.1) is 10.1 Å². The van der Waals surface area contributed by atoms with Gasteiger partial charge in [0.15, 0.2) is 5.78 Å². The molecule has 1 unspecified atom stereocenters. The number of nitrogens with zero attached hydrogens (tertiary/aromatic N) is 2. The number of aromatic nitrogens is 1. The van der Waals surface area contributed by atoms with Crippen LogP contribution < -0.4 is 0 Å². The van der Waals surface area contributed by atoms with E-state index in [0.717, 1.165) is 29.4 Å². The number of carbonyl (C=O) groups is 1. The molecule has 0 amide bonds. The van der Waals surface area contributed by atoms with E-state index in [2.05, 4.69) is 23.1 Å². The van der Waals surface area contributed by atoms with Gasteiger partial charge in [0, 0.05) is 35.6 Å². The number of H-pyrrole nitrogens is 1. The van der Waals surface area contributed by atoms with Crippen molar-refractivity contribution in [2.45, 2.75) is 31.7 Å². The van der Waals surface area contributed by atoms with E-state index in [0.29, 0.717) is 6.04 Å². The van der Waals surface area contributed by atoms with E-state index in [1.807, 2.05) is 18.2 Å². The molecule has 1 saturated heterocycles. The molecule has 1 N–H and O–H groups in total. The van der Waals surface area contributed by atoms with Crippen molar-refractivity contribution in [3.8, 4) is 0 Å². The number of rotatable bonds is 6. The van der Waals surface area contributed by atoms with Gasteiger partial charge in [0.05, 0.1) is 10.5 Å². The third-order valence-electron chi connectivity index (χ3n) is 5.72. The van der Waals surface area contributed by atoms with E-state index in [9.17, 15) is 14.9 Å². The average Bonchev–Trinajstić information content (AvgIpc) is 3.28. The van der Waals surface area contributed by atoms with Crippen LogP contribution in [0.1, 0.15) is 34.3 Å². The third-order valence-corrected chi connectivity index (χ3v) is 5.72. The van der Waals surface area contributed by atoms with Gasteiger partial charge in [-0.2, -0.15) is 0 Å². The van der Waals surface area contributed by atoms with Crippen LogP contribution in [0.4, 0.5) is 5.69 Å². The Hall–Kier alpha value is -2.99. The zero-order chi connectivity index (χ0) is 19.7. The molecule has 1 aliphatic heterocycles. The second-order valence-corrected chi connectivity index (χ2v) is 7.55. The van der Waals surface area contributed by atoms with Crippen molar-refractivity contribution in [3.05, 3.63) is 75.5 Å². The number of hydrogen-bond donors (Lipinski definition) is 1. The molecule has 0 bridgehead atoms. The van der Waals surface area contributed by atoms with Crippen molar-refractivity contribution < 1.29 is 9.72 Å². The number of fused-ring (bicyclic) bond motifs is 1. The molecule has 1 fully saturated rings. The zero-order valence-electron chi connectivity index (χ0n) is 15.9. The second kappa shape index (κ2) is 7.56. The lowest BCUT2D eigenvalue weighted by Crippen LogP contribution is -2.26. The topological polar surface area (TPSA) is 79.2 Å². The smallest absolute Gasteiger partial charge is 0.280 e. The summed E-state index contributed by atoms with van der Waals surface area (Å²) in [5.41, 5.74) is 3.21. The maximum absolute atomic E-state index is 12.7. The van der Waals surface area contributed by atoms with Crippen molar-refractivity contribution in [3.63, 3.8) is 0 Å². The van der Waals surface area contributed by atoms with Gasteiger partial charge in [-0.25, -0.2) is 0 Å². The monoisotopic (exact) mass is 377 g/mol. The number of nitrogens with one attached hydrogen (secondary N) is 1. The van der Waals surface area contributed by atoms with Crippen LogP contribution in [0.2, 0.25) is 0 Å². The molecule has 2 heterocycles. The summed E-state index contributed by atoms with van der Waals surface area (Å²) >= 11 is 0. The highest BCUT2D eigenvalue weighted by atomic mass is 16.6. The second-order valence-electron chi connectivity index (χ2n) is 7.55. The van der Waals surface area contributed by atoms with E-state index in [1.54, 1.807) is 12.1 Å². The van der Waals surface area contributed by atoms with Gasteiger partial charge in [-0.3, -0.25) is 14.9 Å². The molecule has 0 radical (unpaired) electrons. The van der Waals surface area contributed by atoms with Gasteiger partial charge >= 0.3 is 0 Å². The van der Waals surface area contributed by atoms with Crippen LogP contribution in [0.5, 0.6) is 0 Å². The minimum atomic E-state index is -0.501. The number of Topliss-reactive ketones (excluding diaryl/α,β-unsaturated/α-hetero) is 1. The first-order valence-corrected chi connectivity index (χ1v) is 9.58. The highest BCUT2D eigenvalue weighted by molar-refractivity contribution is 6.01. The number of carbonyl (C=O) groups excluding carboxylic acids is 1. The van der Waals surface area contributed by atoms with Crippen LogP contribution in [-0.2, 0) is 12.8 Å². The Morgan fingerprint density at radius 3 is 2.86 bits per heavy atom. The van der Waals surface area contributed by atoms with Crippen molar-refractivity contribution in [1.29, 1.82) is 0 Å². The van der Waals surface area contributed by atoms with Crippen LogP contribution in [0.25, 0.3) is 10.9 Å². The number of nitro benzene ring substituents is 1. The summed E-state index contributed by atoms with van der Waals surface area (Å²) in [6.45, 7) is 1.14. The highest BCUT2D eigenvalue weighted by Gasteiger charge is 2.23. The summed E-state index contributed by atoms with van der Waals surface area (Å²) in [7, 11) is 2.17. The first-order valence-electron chi connectivity index (χ1n) is 9.58. The molecule has 3 aromatic rings. The van der Waals surface area contributed by atoms with Crippen molar-refractivity contribution in [1.82, 2.24) is 9.88 Å². The Bertz CT molecular complexity index is 1040. The summed E-state index contributed by atoms with van der Waals surface area (Å²) in [5, 5.41) is 12.3. The molecule has 0 saturated carbocycles. The number of likely N-dealkylation sites (N-methyl/N-ethyl adjacent to an activating group) is 1. The van der Waals surface area contributed by atoms with E-state index >= 15 is 0 Å². The van der Waals surface area contributed by atoms with E-state index < -0.39 is 4.92 Å². The highest BCUT2D eigenvalue weighted by Crippen LogP contribution is 2.26. The number of hydrogen-bond acceptors (Lipinski definition) is 4. The van der Waals surface area contributed by atoms with E-state index in [1.165, 1.54) is 30.5 Å². The van der Waals surface area contributed by atoms with Gasteiger partial charge in [0.2, 0.25) is 0 Å². The fourth-order valence-corrected chi connectivity index (χ4v) is 4.14.